The summed E-state index contributed by atoms with van der Waals surface area (Å²) < 4.78 is 1.08. The molecule has 30 heavy (non-hydrogen) atoms. The van der Waals surface area contributed by atoms with E-state index in [1.807, 2.05) is 37.3 Å². The van der Waals surface area contributed by atoms with Crippen molar-refractivity contribution in [3.63, 3.8) is 0 Å². The van der Waals surface area contributed by atoms with Crippen LogP contribution in [0.5, 0.6) is 5.88 Å². The van der Waals surface area contributed by atoms with Gasteiger partial charge in [0.1, 0.15) is 6.54 Å². The number of nitrogens with zero attached hydrogens (tertiary/aromatic N) is 2. The molecular weight excluding hydrogens is 398 g/mol. The molecule has 0 saturated heterocycles. The maximum absolute atomic E-state index is 12.4. The van der Waals surface area contributed by atoms with Crippen LogP contribution in [-0.2, 0) is 17.8 Å². The van der Waals surface area contributed by atoms with Crippen LogP contribution >= 0.6 is 11.3 Å². The highest BCUT2D eigenvalue weighted by Crippen LogP contribution is 2.37. The van der Waals surface area contributed by atoms with Crippen LogP contribution in [0.4, 0.5) is 11.4 Å². The number of hydrogen-bond donors (Lipinski definition) is 2. The minimum atomic E-state index is -0.393. The highest BCUT2D eigenvalue weighted by molar-refractivity contribution is 7.10. The topological polar surface area (TPSA) is 83.7 Å². The van der Waals surface area contributed by atoms with Crippen molar-refractivity contribution in [3.8, 4) is 5.88 Å². The predicted octanol–water partition coefficient (Wildman–Crippen LogP) is 4.38. The maximum atomic E-state index is 12.4. The number of allylic oxidation sites excluding steroid dienone is 1. The molecule has 4 rings (SSSR count). The van der Waals surface area contributed by atoms with Gasteiger partial charge < -0.3 is 10.4 Å². The number of aromatic hydroxyl groups is 1. The highest BCUT2D eigenvalue weighted by Gasteiger charge is 2.19. The first kappa shape index (κ1) is 19.8. The summed E-state index contributed by atoms with van der Waals surface area (Å²) in [6, 6.07) is 13.3. The fourth-order valence-electron chi connectivity index (χ4n) is 3.35. The van der Waals surface area contributed by atoms with Gasteiger partial charge in [0, 0.05) is 23.0 Å². The number of aromatic nitrogens is 1. The Labute approximate surface area is 177 Å². The Hall–Kier alpha value is -3.45. The molecule has 0 aliphatic carbocycles. The molecule has 0 unspecified atom stereocenters. The first-order valence-electron chi connectivity index (χ1n) is 9.63. The molecule has 3 aromatic rings. The summed E-state index contributed by atoms with van der Waals surface area (Å²) in [5.74, 6) is -0.598. The number of aryl methyl sites for hydroxylation is 2. The Morgan fingerprint density at radius 2 is 2.00 bits per heavy atom. The molecule has 0 atom stereocenters. The molecule has 2 N–H and O–H groups in total. The van der Waals surface area contributed by atoms with Gasteiger partial charge in [-0.05, 0) is 37.1 Å². The smallest absolute Gasteiger partial charge is 0.311 e. The lowest BCUT2D eigenvalue weighted by molar-refractivity contribution is -0.116. The lowest BCUT2D eigenvalue weighted by Crippen LogP contribution is -2.24. The molecule has 2 heterocycles. The van der Waals surface area contributed by atoms with Gasteiger partial charge in [-0.15, -0.1) is 0 Å². The third kappa shape index (κ3) is 3.84. The molecule has 1 aliphatic heterocycles. The first-order valence-corrected chi connectivity index (χ1v) is 10.4. The maximum Gasteiger partial charge on any atom is 0.311 e. The summed E-state index contributed by atoms with van der Waals surface area (Å²) >= 11 is 0.902. The number of para-hydroxylation sites is 1. The summed E-state index contributed by atoms with van der Waals surface area (Å²) in [4.78, 5) is 29.2. The van der Waals surface area contributed by atoms with E-state index in [1.54, 1.807) is 24.4 Å². The Balaban J connectivity index is 1.57. The molecule has 152 valence electrons. The van der Waals surface area contributed by atoms with Crippen LogP contribution in [-0.4, -0.2) is 21.8 Å². The summed E-state index contributed by atoms with van der Waals surface area (Å²) in [5.41, 5.74) is 5.60. The quantitative estimate of drug-likeness (QED) is 0.644. The summed E-state index contributed by atoms with van der Waals surface area (Å²) in [6.07, 6.45) is 4.35. The van der Waals surface area contributed by atoms with Crippen molar-refractivity contribution in [1.82, 2.24) is 4.57 Å². The van der Waals surface area contributed by atoms with Crippen LogP contribution in [0.25, 0.3) is 11.6 Å². The van der Waals surface area contributed by atoms with Crippen LogP contribution in [0.1, 0.15) is 28.5 Å². The van der Waals surface area contributed by atoms with Crippen molar-refractivity contribution in [2.24, 2.45) is 4.99 Å². The van der Waals surface area contributed by atoms with Crippen LogP contribution in [0.3, 0.4) is 0 Å². The molecule has 1 amide bonds. The standard InChI is InChI=1S/C23H21N3O3S/c1-3-15-5-4-6-18-16(12-24-21(15)18)11-19-22(28)26(23(29)30-19)13-20(27)25-17-9-7-14(2)8-10-17/h4-12,28H,3,13H2,1-2H3,(H,25,27). The molecular formula is C23H21N3O3S. The van der Waals surface area contributed by atoms with E-state index in [4.69, 9.17) is 0 Å². The van der Waals surface area contributed by atoms with Gasteiger partial charge in [0.05, 0.1) is 10.6 Å². The van der Waals surface area contributed by atoms with Crippen LogP contribution in [0.2, 0.25) is 0 Å². The molecule has 6 nitrogen and oxygen atoms in total. The van der Waals surface area contributed by atoms with Gasteiger partial charge in [0.15, 0.2) is 0 Å². The molecule has 0 spiro atoms. The zero-order chi connectivity index (χ0) is 21.3. The number of aliphatic imine (C=N–C) groups is 1. The van der Waals surface area contributed by atoms with Gasteiger partial charge in [-0.3, -0.25) is 19.1 Å². The van der Waals surface area contributed by atoms with Gasteiger partial charge in [-0.25, -0.2) is 0 Å². The summed E-state index contributed by atoms with van der Waals surface area (Å²) in [7, 11) is 0. The number of thiazole rings is 1. The number of nitrogens with one attached hydrogen (secondary N) is 1. The van der Waals surface area contributed by atoms with Crippen molar-refractivity contribution in [2.45, 2.75) is 26.8 Å². The van der Waals surface area contributed by atoms with E-state index >= 15 is 0 Å². The third-order valence-electron chi connectivity index (χ3n) is 4.96. The fraction of sp³-hybridized carbons (Fsp3) is 0.174. The van der Waals surface area contributed by atoms with E-state index in [9.17, 15) is 14.7 Å². The molecule has 7 heteroatoms. The Kier molecular flexibility index (Phi) is 5.37. The number of carbonyl (C=O) groups is 1. The zero-order valence-electron chi connectivity index (χ0n) is 16.7. The zero-order valence-corrected chi connectivity index (χ0v) is 17.5. The molecule has 0 bridgehead atoms. The third-order valence-corrected chi connectivity index (χ3v) is 5.88. The number of amides is 1. The second-order valence-corrected chi connectivity index (χ2v) is 8.07. The van der Waals surface area contributed by atoms with E-state index in [2.05, 4.69) is 17.2 Å². The van der Waals surface area contributed by atoms with E-state index in [0.717, 1.165) is 50.3 Å². The molecule has 2 aromatic carbocycles. The van der Waals surface area contributed by atoms with Crippen molar-refractivity contribution < 1.29 is 9.90 Å². The monoisotopic (exact) mass is 419 g/mol. The predicted molar refractivity (Wildman–Crippen MR) is 122 cm³/mol. The minimum absolute atomic E-state index is 0.218. The van der Waals surface area contributed by atoms with Gasteiger partial charge >= 0.3 is 4.87 Å². The van der Waals surface area contributed by atoms with Gasteiger partial charge in [0.25, 0.3) is 0 Å². The second kappa shape index (κ2) is 8.12. The lowest BCUT2D eigenvalue weighted by atomic mass is 10.0. The molecule has 0 fully saturated rings. The van der Waals surface area contributed by atoms with Crippen LogP contribution < -0.4 is 10.2 Å². The fourth-order valence-corrected chi connectivity index (χ4v) is 4.19. The SMILES string of the molecule is CCc1cccc2c1N=CC2=Cc1sc(=O)n(CC(=O)Nc2ccc(C)cc2)c1O. The first-order chi connectivity index (χ1) is 14.5. The molecule has 1 aliphatic rings. The van der Waals surface area contributed by atoms with Crippen LogP contribution in [0.15, 0.2) is 52.3 Å². The van der Waals surface area contributed by atoms with E-state index in [1.165, 1.54) is 0 Å². The lowest BCUT2D eigenvalue weighted by Gasteiger charge is -2.07. The normalized spacial score (nSPS) is 13.6. The average molecular weight is 420 g/mol. The number of hydrogen-bond acceptors (Lipinski definition) is 5. The number of anilines is 1. The van der Waals surface area contributed by atoms with Crippen molar-refractivity contribution in [1.29, 1.82) is 0 Å². The van der Waals surface area contributed by atoms with E-state index < -0.39 is 4.87 Å². The summed E-state index contributed by atoms with van der Waals surface area (Å²) in [6.45, 7) is 3.77. The average Bonchev–Trinajstić information content (AvgIpc) is 3.26. The van der Waals surface area contributed by atoms with Crippen molar-refractivity contribution in [3.05, 3.63) is 73.7 Å². The largest absolute Gasteiger partial charge is 0.493 e. The second-order valence-electron chi connectivity index (χ2n) is 7.08. The van der Waals surface area contributed by atoms with Crippen molar-refractivity contribution in [2.75, 3.05) is 5.32 Å². The van der Waals surface area contributed by atoms with Gasteiger partial charge in [-0.1, -0.05) is 54.2 Å². The highest BCUT2D eigenvalue weighted by atomic mass is 32.1. The Bertz CT molecular complexity index is 1230. The van der Waals surface area contributed by atoms with E-state index in [-0.39, 0.29) is 18.3 Å². The minimum Gasteiger partial charge on any atom is -0.493 e. The van der Waals surface area contributed by atoms with Gasteiger partial charge in [0.2, 0.25) is 11.8 Å². The van der Waals surface area contributed by atoms with Gasteiger partial charge in [-0.2, -0.15) is 0 Å². The number of carbonyl (C=O) groups excluding carboxylic acids is 1. The number of benzene rings is 2. The number of fused-ring (bicyclic) bond motifs is 1. The van der Waals surface area contributed by atoms with Crippen LogP contribution in [0, 0.1) is 6.92 Å². The Morgan fingerprint density at radius 1 is 1.23 bits per heavy atom. The number of rotatable bonds is 5. The van der Waals surface area contributed by atoms with Crippen molar-refractivity contribution >= 4 is 46.5 Å². The summed E-state index contributed by atoms with van der Waals surface area (Å²) in [5, 5.41) is 13.3. The molecule has 1 aromatic heterocycles. The Morgan fingerprint density at radius 3 is 2.73 bits per heavy atom. The van der Waals surface area contributed by atoms with E-state index in [0.29, 0.717) is 10.6 Å². The molecule has 0 radical (unpaired) electrons. The molecule has 0 saturated carbocycles.